The van der Waals surface area contributed by atoms with Gasteiger partial charge in [-0.05, 0) is 42.7 Å². The van der Waals surface area contributed by atoms with E-state index in [1.807, 2.05) is 6.07 Å². The van der Waals surface area contributed by atoms with E-state index >= 15 is 0 Å². The molecule has 0 radical (unpaired) electrons. The second-order valence-electron chi connectivity index (χ2n) is 6.44. The Morgan fingerprint density at radius 3 is 2.85 bits per heavy atom. The molecule has 136 valence electrons. The molecule has 1 unspecified atom stereocenters. The first-order valence-corrected chi connectivity index (χ1v) is 8.87. The van der Waals surface area contributed by atoms with Gasteiger partial charge in [0.25, 0.3) is 0 Å². The zero-order valence-corrected chi connectivity index (χ0v) is 14.5. The summed E-state index contributed by atoms with van der Waals surface area (Å²) < 4.78 is 13.7. The lowest BCUT2D eigenvalue weighted by Gasteiger charge is -2.23. The van der Waals surface area contributed by atoms with Crippen molar-refractivity contribution < 1.29 is 14.0 Å². The Morgan fingerprint density at radius 1 is 1.19 bits per heavy atom. The number of rotatable bonds is 5. The van der Waals surface area contributed by atoms with Crippen molar-refractivity contribution in [3.63, 3.8) is 0 Å². The van der Waals surface area contributed by atoms with Gasteiger partial charge < -0.3 is 10.2 Å². The highest BCUT2D eigenvalue weighted by Crippen LogP contribution is 2.21. The molecule has 1 atom stereocenters. The highest BCUT2D eigenvalue weighted by molar-refractivity contribution is 5.85. The third kappa shape index (κ3) is 4.65. The number of benzene rings is 1. The number of aromatic nitrogens is 1. The molecule has 3 rings (SSSR count). The summed E-state index contributed by atoms with van der Waals surface area (Å²) >= 11 is 0. The van der Waals surface area contributed by atoms with Crippen molar-refractivity contribution in [2.75, 3.05) is 13.1 Å². The molecule has 1 aromatic carbocycles. The van der Waals surface area contributed by atoms with E-state index < -0.39 is 6.04 Å². The molecule has 1 aliphatic heterocycles. The first kappa shape index (κ1) is 18.0. The van der Waals surface area contributed by atoms with E-state index in [2.05, 4.69) is 10.3 Å². The Morgan fingerprint density at radius 2 is 2.08 bits per heavy atom. The summed E-state index contributed by atoms with van der Waals surface area (Å²) in [5, 5.41) is 2.90. The van der Waals surface area contributed by atoms with E-state index in [4.69, 9.17) is 0 Å². The van der Waals surface area contributed by atoms with E-state index in [0.29, 0.717) is 24.2 Å². The molecule has 2 amide bonds. The standard InChI is InChI=1S/C20H22FN3O2/c21-16-8-6-7-15(13-16)20(17-9-3-4-11-22-17)23-18(25)14-24-12-5-1-2-10-19(24)26/h3-4,6-9,11,13,20H,1-2,5,10,12,14H2,(H,23,25). The summed E-state index contributed by atoms with van der Waals surface area (Å²) in [6.45, 7) is 0.609. The Kier molecular flexibility index (Phi) is 5.94. The van der Waals surface area contributed by atoms with Crippen LogP contribution in [0.4, 0.5) is 4.39 Å². The molecular weight excluding hydrogens is 333 g/mol. The van der Waals surface area contributed by atoms with Crippen molar-refractivity contribution in [3.8, 4) is 0 Å². The quantitative estimate of drug-likeness (QED) is 0.897. The van der Waals surface area contributed by atoms with Crippen LogP contribution in [-0.4, -0.2) is 34.8 Å². The maximum atomic E-state index is 13.7. The number of carbonyl (C=O) groups excluding carboxylic acids is 2. The fraction of sp³-hybridized carbons (Fsp3) is 0.350. The number of hydrogen-bond acceptors (Lipinski definition) is 3. The molecule has 0 spiro atoms. The highest BCUT2D eigenvalue weighted by atomic mass is 19.1. The van der Waals surface area contributed by atoms with Gasteiger partial charge in [-0.3, -0.25) is 14.6 Å². The molecule has 1 saturated heterocycles. The molecule has 0 aliphatic carbocycles. The van der Waals surface area contributed by atoms with Gasteiger partial charge >= 0.3 is 0 Å². The minimum Gasteiger partial charge on any atom is -0.342 e. The summed E-state index contributed by atoms with van der Waals surface area (Å²) in [5.74, 6) is -0.640. The Balaban J connectivity index is 1.77. The van der Waals surface area contributed by atoms with Gasteiger partial charge in [-0.15, -0.1) is 0 Å². The van der Waals surface area contributed by atoms with Crippen LogP contribution in [0.25, 0.3) is 0 Å². The molecular formula is C20H22FN3O2. The molecule has 5 nitrogen and oxygen atoms in total. The average Bonchev–Trinajstić information content (AvgIpc) is 2.85. The molecule has 0 saturated carbocycles. The van der Waals surface area contributed by atoms with Crippen molar-refractivity contribution in [2.24, 2.45) is 0 Å². The summed E-state index contributed by atoms with van der Waals surface area (Å²) in [6, 6.07) is 10.9. The van der Waals surface area contributed by atoms with E-state index in [1.165, 1.54) is 12.1 Å². The molecule has 1 fully saturated rings. The number of hydrogen-bond donors (Lipinski definition) is 1. The second-order valence-corrected chi connectivity index (χ2v) is 6.44. The predicted octanol–water partition coefficient (Wildman–Crippen LogP) is 2.83. The van der Waals surface area contributed by atoms with Crippen LogP contribution in [0, 0.1) is 5.82 Å². The average molecular weight is 355 g/mol. The van der Waals surface area contributed by atoms with Gasteiger partial charge in [0, 0.05) is 19.2 Å². The molecule has 1 aliphatic rings. The van der Waals surface area contributed by atoms with Crippen LogP contribution in [0.15, 0.2) is 48.7 Å². The SMILES string of the molecule is O=C(CN1CCCCCC1=O)NC(c1cccc(F)c1)c1ccccn1. The molecule has 2 aromatic rings. The van der Waals surface area contributed by atoms with E-state index in [1.54, 1.807) is 35.4 Å². The maximum Gasteiger partial charge on any atom is 0.240 e. The monoisotopic (exact) mass is 355 g/mol. The lowest BCUT2D eigenvalue weighted by atomic mass is 10.0. The van der Waals surface area contributed by atoms with Gasteiger partial charge in [0.2, 0.25) is 11.8 Å². The number of halogens is 1. The van der Waals surface area contributed by atoms with Crippen molar-refractivity contribution in [2.45, 2.75) is 31.7 Å². The maximum absolute atomic E-state index is 13.7. The Bertz CT molecular complexity index is 767. The van der Waals surface area contributed by atoms with Crippen LogP contribution >= 0.6 is 0 Å². The van der Waals surface area contributed by atoms with Crippen LogP contribution in [0.3, 0.4) is 0 Å². The van der Waals surface area contributed by atoms with Crippen LogP contribution in [0.2, 0.25) is 0 Å². The smallest absolute Gasteiger partial charge is 0.240 e. The number of amides is 2. The number of likely N-dealkylation sites (tertiary alicyclic amines) is 1. The van der Waals surface area contributed by atoms with Gasteiger partial charge in [-0.25, -0.2) is 4.39 Å². The predicted molar refractivity (Wildman–Crippen MR) is 95.7 cm³/mol. The largest absolute Gasteiger partial charge is 0.342 e. The van der Waals surface area contributed by atoms with Crippen molar-refractivity contribution in [1.29, 1.82) is 0 Å². The second kappa shape index (κ2) is 8.56. The van der Waals surface area contributed by atoms with Gasteiger partial charge in [0.15, 0.2) is 0 Å². The van der Waals surface area contributed by atoms with Gasteiger partial charge in [-0.2, -0.15) is 0 Å². The minimum atomic E-state index is -0.568. The fourth-order valence-corrected chi connectivity index (χ4v) is 3.15. The van der Waals surface area contributed by atoms with Crippen LogP contribution in [0.5, 0.6) is 0 Å². The summed E-state index contributed by atoms with van der Waals surface area (Å²) in [7, 11) is 0. The third-order valence-corrected chi connectivity index (χ3v) is 4.48. The van der Waals surface area contributed by atoms with Gasteiger partial charge in [-0.1, -0.05) is 24.6 Å². The first-order chi connectivity index (χ1) is 12.6. The van der Waals surface area contributed by atoms with E-state index in [9.17, 15) is 14.0 Å². The number of nitrogens with one attached hydrogen (secondary N) is 1. The lowest BCUT2D eigenvalue weighted by Crippen LogP contribution is -2.42. The number of carbonyl (C=O) groups is 2. The van der Waals surface area contributed by atoms with Crippen molar-refractivity contribution in [1.82, 2.24) is 15.2 Å². The van der Waals surface area contributed by atoms with Gasteiger partial charge in [0.1, 0.15) is 5.82 Å². The lowest BCUT2D eigenvalue weighted by molar-refractivity contribution is -0.135. The Labute approximate surface area is 152 Å². The van der Waals surface area contributed by atoms with Gasteiger partial charge in [0.05, 0.1) is 18.3 Å². The third-order valence-electron chi connectivity index (χ3n) is 4.48. The van der Waals surface area contributed by atoms with Crippen LogP contribution in [0.1, 0.15) is 43.0 Å². The zero-order valence-electron chi connectivity index (χ0n) is 14.5. The highest BCUT2D eigenvalue weighted by Gasteiger charge is 2.23. The summed E-state index contributed by atoms with van der Waals surface area (Å²) in [4.78, 5) is 30.6. The van der Waals surface area contributed by atoms with E-state index in [0.717, 1.165) is 19.3 Å². The molecule has 1 N–H and O–H groups in total. The Hall–Kier alpha value is -2.76. The first-order valence-electron chi connectivity index (χ1n) is 8.87. The zero-order chi connectivity index (χ0) is 18.4. The number of nitrogens with zero attached hydrogens (tertiary/aromatic N) is 2. The molecule has 0 bridgehead atoms. The minimum absolute atomic E-state index is 0.0114. The molecule has 2 heterocycles. The fourth-order valence-electron chi connectivity index (χ4n) is 3.15. The van der Waals surface area contributed by atoms with Crippen molar-refractivity contribution >= 4 is 11.8 Å². The normalized spacial score (nSPS) is 16.0. The van der Waals surface area contributed by atoms with E-state index in [-0.39, 0.29) is 24.2 Å². The number of pyridine rings is 1. The van der Waals surface area contributed by atoms with Crippen LogP contribution < -0.4 is 5.32 Å². The summed E-state index contributed by atoms with van der Waals surface area (Å²) in [5.41, 5.74) is 1.23. The van der Waals surface area contributed by atoms with Crippen molar-refractivity contribution in [3.05, 3.63) is 65.7 Å². The topological polar surface area (TPSA) is 62.3 Å². The molecule has 6 heteroatoms. The molecule has 26 heavy (non-hydrogen) atoms. The summed E-state index contributed by atoms with van der Waals surface area (Å²) in [6.07, 6.45) is 4.90. The van der Waals surface area contributed by atoms with Crippen LogP contribution in [-0.2, 0) is 9.59 Å². The molecule has 1 aromatic heterocycles.